The van der Waals surface area contributed by atoms with Gasteiger partial charge in [0.2, 0.25) is 0 Å². The number of aromatic nitrogens is 1. The summed E-state index contributed by atoms with van der Waals surface area (Å²) >= 11 is 0. The van der Waals surface area contributed by atoms with Crippen LogP contribution in [0.4, 0.5) is 6.01 Å². The first-order chi connectivity index (χ1) is 8.24. The molecule has 1 atom stereocenters. The van der Waals surface area contributed by atoms with Gasteiger partial charge in [0.25, 0.3) is 6.01 Å². The van der Waals surface area contributed by atoms with Crippen LogP contribution < -0.4 is 4.90 Å². The van der Waals surface area contributed by atoms with Gasteiger partial charge in [-0.2, -0.15) is 4.98 Å². The van der Waals surface area contributed by atoms with E-state index in [0.717, 1.165) is 19.5 Å². The predicted octanol–water partition coefficient (Wildman–Crippen LogP) is 2.09. The maximum Gasteiger partial charge on any atom is 0.360 e. The zero-order valence-corrected chi connectivity index (χ0v) is 10.3. The minimum absolute atomic E-state index is 0.252. The Balaban J connectivity index is 2.01. The molecule has 0 amide bonds. The molecule has 94 valence electrons. The van der Waals surface area contributed by atoms with Crippen molar-refractivity contribution in [2.45, 2.75) is 26.7 Å². The maximum atomic E-state index is 11.4. The topological polar surface area (TPSA) is 55.6 Å². The average molecular weight is 238 g/mol. The number of hydrogen-bond donors (Lipinski definition) is 0. The molecule has 1 aliphatic heterocycles. The first kappa shape index (κ1) is 12.0. The summed E-state index contributed by atoms with van der Waals surface area (Å²) in [5, 5.41) is 0. The van der Waals surface area contributed by atoms with Crippen LogP contribution in [0.15, 0.2) is 10.7 Å². The highest BCUT2D eigenvalue weighted by Gasteiger charge is 2.25. The summed E-state index contributed by atoms with van der Waals surface area (Å²) in [5.41, 5.74) is 0.252. The minimum Gasteiger partial charge on any atom is -0.461 e. The lowest BCUT2D eigenvalue weighted by atomic mass is 10.1. The van der Waals surface area contributed by atoms with Crippen LogP contribution in [0, 0.1) is 5.92 Å². The van der Waals surface area contributed by atoms with Gasteiger partial charge >= 0.3 is 5.97 Å². The summed E-state index contributed by atoms with van der Waals surface area (Å²) in [7, 11) is 0. The summed E-state index contributed by atoms with van der Waals surface area (Å²) < 4.78 is 10.2. The fraction of sp³-hybridized carbons (Fsp3) is 0.667. The molecule has 1 aromatic rings. The number of carbonyl (C=O) groups excluding carboxylic acids is 1. The fourth-order valence-electron chi connectivity index (χ4n) is 2.05. The van der Waals surface area contributed by atoms with Gasteiger partial charge in [-0.3, -0.25) is 0 Å². The lowest BCUT2D eigenvalue weighted by Crippen LogP contribution is -2.20. The van der Waals surface area contributed by atoms with Crippen molar-refractivity contribution < 1.29 is 13.9 Å². The van der Waals surface area contributed by atoms with E-state index in [1.54, 1.807) is 6.92 Å². The molecular weight excluding hydrogens is 220 g/mol. The molecule has 0 aromatic carbocycles. The summed E-state index contributed by atoms with van der Waals surface area (Å²) in [6, 6.07) is 0.531. The molecule has 1 saturated heterocycles. The number of ether oxygens (including phenoxy) is 1. The van der Waals surface area contributed by atoms with Crippen LogP contribution in [0.25, 0.3) is 0 Å². The summed E-state index contributed by atoms with van der Waals surface area (Å²) in [6.07, 6.45) is 3.70. The second-order valence-corrected chi connectivity index (χ2v) is 4.24. The van der Waals surface area contributed by atoms with Crippen LogP contribution >= 0.6 is 0 Å². The molecule has 0 saturated carbocycles. The third-order valence-corrected chi connectivity index (χ3v) is 3.11. The second kappa shape index (κ2) is 5.21. The standard InChI is InChI=1S/C12H18N2O3/c1-3-9-5-6-14(7-9)12-13-10(8-17-12)11(15)16-4-2/h8-9H,3-7H2,1-2H3. The predicted molar refractivity (Wildman–Crippen MR) is 63.1 cm³/mol. The number of esters is 1. The number of oxazole rings is 1. The van der Waals surface area contributed by atoms with Gasteiger partial charge in [-0.15, -0.1) is 0 Å². The van der Waals surface area contributed by atoms with Gasteiger partial charge in [0.1, 0.15) is 6.26 Å². The van der Waals surface area contributed by atoms with E-state index in [4.69, 9.17) is 9.15 Å². The van der Waals surface area contributed by atoms with E-state index in [9.17, 15) is 4.79 Å². The SMILES string of the molecule is CCOC(=O)c1coc(N2CCC(CC)C2)n1. The van der Waals surface area contributed by atoms with E-state index in [2.05, 4.69) is 16.8 Å². The second-order valence-electron chi connectivity index (χ2n) is 4.24. The molecule has 5 nitrogen and oxygen atoms in total. The quantitative estimate of drug-likeness (QED) is 0.752. The summed E-state index contributed by atoms with van der Waals surface area (Å²) in [5.74, 6) is 0.279. The molecule has 2 heterocycles. The Morgan fingerprint density at radius 3 is 3.12 bits per heavy atom. The number of anilines is 1. The van der Waals surface area contributed by atoms with Crippen LogP contribution in [0.1, 0.15) is 37.2 Å². The maximum absolute atomic E-state index is 11.4. The summed E-state index contributed by atoms with van der Waals surface area (Å²) in [4.78, 5) is 17.7. The van der Waals surface area contributed by atoms with Gasteiger partial charge in [0.05, 0.1) is 6.61 Å². The average Bonchev–Trinajstić information content (AvgIpc) is 2.98. The first-order valence-corrected chi connectivity index (χ1v) is 6.12. The molecule has 2 rings (SSSR count). The van der Waals surface area contributed by atoms with E-state index in [0.29, 0.717) is 18.5 Å². The number of hydrogen-bond acceptors (Lipinski definition) is 5. The van der Waals surface area contributed by atoms with Gasteiger partial charge in [0, 0.05) is 13.1 Å². The lowest BCUT2D eigenvalue weighted by molar-refractivity contribution is 0.0519. The number of rotatable bonds is 4. The van der Waals surface area contributed by atoms with Crippen LogP contribution in [0.2, 0.25) is 0 Å². The van der Waals surface area contributed by atoms with Gasteiger partial charge in [-0.1, -0.05) is 13.3 Å². The van der Waals surface area contributed by atoms with Crippen molar-refractivity contribution in [2.24, 2.45) is 5.92 Å². The molecule has 1 aromatic heterocycles. The van der Waals surface area contributed by atoms with Crippen molar-refractivity contribution in [1.29, 1.82) is 0 Å². The Kier molecular flexibility index (Phi) is 3.66. The van der Waals surface area contributed by atoms with Crippen molar-refractivity contribution in [3.63, 3.8) is 0 Å². The van der Waals surface area contributed by atoms with Crippen LogP contribution in [0.5, 0.6) is 0 Å². The Morgan fingerprint density at radius 1 is 1.65 bits per heavy atom. The lowest BCUT2D eigenvalue weighted by Gasteiger charge is -2.12. The molecule has 0 bridgehead atoms. The van der Waals surface area contributed by atoms with Crippen LogP contribution in [-0.4, -0.2) is 30.6 Å². The number of nitrogens with zero attached hydrogens (tertiary/aromatic N) is 2. The Hall–Kier alpha value is -1.52. The third-order valence-electron chi connectivity index (χ3n) is 3.11. The van der Waals surface area contributed by atoms with Crippen molar-refractivity contribution >= 4 is 12.0 Å². The van der Waals surface area contributed by atoms with Crippen molar-refractivity contribution in [3.8, 4) is 0 Å². The molecule has 0 N–H and O–H groups in total. The van der Waals surface area contributed by atoms with E-state index in [-0.39, 0.29) is 5.69 Å². The molecule has 5 heteroatoms. The third kappa shape index (κ3) is 2.60. The van der Waals surface area contributed by atoms with E-state index in [1.807, 2.05) is 0 Å². The highest BCUT2D eigenvalue weighted by atomic mass is 16.5. The highest BCUT2D eigenvalue weighted by molar-refractivity contribution is 5.87. The zero-order valence-electron chi connectivity index (χ0n) is 10.3. The van der Waals surface area contributed by atoms with Gasteiger partial charge in [-0.05, 0) is 19.3 Å². The largest absolute Gasteiger partial charge is 0.461 e. The molecule has 17 heavy (non-hydrogen) atoms. The molecule has 0 aliphatic carbocycles. The Morgan fingerprint density at radius 2 is 2.47 bits per heavy atom. The van der Waals surface area contributed by atoms with Crippen molar-refractivity contribution in [3.05, 3.63) is 12.0 Å². The van der Waals surface area contributed by atoms with Crippen LogP contribution in [-0.2, 0) is 4.74 Å². The Labute approximate surface area is 101 Å². The van der Waals surface area contributed by atoms with Crippen molar-refractivity contribution in [2.75, 3.05) is 24.6 Å². The molecule has 0 spiro atoms. The molecule has 0 radical (unpaired) electrons. The van der Waals surface area contributed by atoms with E-state index >= 15 is 0 Å². The first-order valence-electron chi connectivity index (χ1n) is 6.12. The smallest absolute Gasteiger partial charge is 0.360 e. The van der Waals surface area contributed by atoms with E-state index in [1.165, 1.54) is 12.7 Å². The van der Waals surface area contributed by atoms with Gasteiger partial charge in [0.15, 0.2) is 5.69 Å². The van der Waals surface area contributed by atoms with Crippen molar-refractivity contribution in [1.82, 2.24) is 4.98 Å². The summed E-state index contributed by atoms with van der Waals surface area (Å²) in [6.45, 7) is 6.21. The monoisotopic (exact) mass is 238 g/mol. The number of carbonyl (C=O) groups is 1. The van der Waals surface area contributed by atoms with Crippen LogP contribution in [0.3, 0.4) is 0 Å². The normalized spacial score (nSPS) is 19.6. The molecular formula is C12H18N2O3. The fourth-order valence-corrected chi connectivity index (χ4v) is 2.05. The van der Waals surface area contributed by atoms with Gasteiger partial charge < -0.3 is 14.1 Å². The molecule has 1 aliphatic rings. The molecule has 1 unspecified atom stereocenters. The Bertz CT molecular complexity index is 389. The molecule has 1 fully saturated rings. The van der Waals surface area contributed by atoms with E-state index < -0.39 is 5.97 Å². The minimum atomic E-state index is -0.422. The van der Waals surface area contributed by atoms with Gasteiger partial charge in [-0.25, -0.2) is 4.79 Å². The highest BCUT2D eigenvalue weighted by Crippen LogP contribution is 2.24. The zero-order chi connectivity index (χ0) is 12.3.